The lowest BCUT2D eigenvalue weighted by molar-refractivity contribution is 0.475. The predicted octanol–water partition coefficient (Wildman–Crippen LogP) is 6.19. The Morgan fingerprint density at radius 2 is 1.30 bits per heavy atom. The Kier molecular flexibility index (Phi) is 3.69. The van der Waals surface area contributed by atoms with Gasteiger partial charge in [0.25, 0.3) is 0 Å². The van der Waals surface area contributed by atoms with Crippen molar-refractivity contribution < 1.29 is 5.11 Å². The predicted molar refractivity (Wildman–Crippen MR) is 111 cm³/mol. The molecule has 0 aliphatic carbocycles. The molecule has 0 bridgehead atoms. The molecule has 2 aromatic heterocycles. The zero-order chi connectivity index (χ0) is 18.4. The zero-order valence-corrected chi connectivity index (χ0v) is 15.2. The first-order chi connectivity index (χ1) is 13.2. The lowest BCUT2D eigenvalue weighted by Gasteiger charge is -2.18. The van der Waals surface area contributed by atoms with E-state index in [9.17, 15) is 5.11 Å². The van der Waals surface area contributed by atoms with Crippen LogP contribution in [0.25, 0.3) is 21.8 Å². The van der Waals surface area contributed by atoms with Gasteiger partial charge in [-0.3, -0.25) is 0 Å². The number of phenols is 1. The summed E-state index contributed by atoms with van der Waals surface area (Å²) in [4.78, 5) is 6.76. The number of H-pyrrole nitrogens is 2. The summed E-state index contributed by atoms with van der Waals surface area (Å²) in [6.45, 7) is 0. The second-order valence-electron chi connectivity index (χ2n) is 6.72. The van der Waals surface area contributed by atoms with Gasteiger partial charge in [0.05, 0.1) is 5.02 Å². The number of para-hydroxylation sites is 2. The number of rotatable bonds is 3. The zero-order valence-electron chi connectivity index (χ0n) is 14.4. The number of aromatic nitrogens is 2. The Labute approximate surface area is 161 Å². The van der Waals surface area contributed by atoms with Crippen LogP contribution in [0.4, 0.5) is 0 Å². The number of nitrogens with one attached hydrogen (secondary N) is 2. The maximum atomic E-state index is 9.89. The van der Waals surface area contributed by atoms with Crippen LogP contribution in [0.3, 0.4) is 0 Å². The molecule has 0 saturated carbocycles. The molecule has 0 aliphatic heterocycles. The van der Waals surface area contributed by atoms with Crippen molar-refractivity contribution in [2.75, 3.05) is 0 Å². The summed E-state index contributed by atoms with van der Waals surface area (Å²) < 4.78 is 0. The molecule has 2 heterocycles. The van der Waals surface area contributed by atoms with Crippen LogP contribution >= 0.6 is 11.6 Å². The van der Waals surface area contributed by atoms with E-state index in [1.54, 1.807) is 6.07 Å². The van der Waals surface area contributed by atoms with Crippen LogP contribution in [0.15, 0.2) is 79.1 Å². The number of phenolic OH excluding ortho intramolecular Hbond substituents is 1. The topological polar surface area (TPSA) is 51.8 Å². The van der Waals surface area contributed by atoms with Crippen LogP contribution in [0, 0.1) is 0 Å². The first-order valence-electron chi connectivity index (χ1n) is 8.83. The van der Waals surface area contributed by atoms with Crippen molar-refractivity contribution in [2.45, 2.75) is 5.92 Å². The molecule has 4 heteroatoms. The number of hydrogen-bond acceptors (Lipinski definition) is 1. The van der Waals surface area contributed by atoms with Gasteiger partial charge in [0.1, 0.15) is 5.75 Å². The molecule has 3 nitrogen and oxygen atoms in total. The van der Waals surface area contributed by atoms with Crippen molar-refractivity contribution in [2.24, 2.45) is 0 Å². The highest BCUT2D eigenvalue weighted by Gasteiger charge is 2.23. The normalized spacial score (nSPS) is 11.6. The third-order valence-corrected chi connectivity index (χ3v) is 5.47. The average Bonchev–Trinajstić information content (AvgIpc) is 3.30. The largest absolute Gasteiger partial charge is 0.506 e. The van der Waals surface area contributed by atoms with Crippen molar-refractivity contribution in [3.8, 4) is 5.75 Å². The van der Waals surface area contributed by atoms with E-state index >= 15 is 0 Å². The maximum Gasteiger partial charge on any atom is 0.134 e. The van der Waals surface area contributed by atoms with Crippen molar-refractivity contribution in [1.82, 2.24) is 9.97 Å². The van der Waals surface area contributed by atoms with Gasteiger partial charge in [-0.05, 0) is 41.0 Å². The van der Waals surface area contributed by atoms with Crippen LogP contribution < -0.4 is 0 Å². The van der Waals surface area contributed by atoms with Gasteiger partial charge in [-0.25, -0.2) is 0 Å². The van der Waals surface area contributed by atoms with E-state index in [1.807, 2.05) is 24.3 Å². The van der Waals surface area contributed by atoms with E-state index in [2.05, 4.69) is 58.8 Å². The van der Waals surface area contributed by atoms with Gasteiger partial charge in [-0.1, -0.05) is 54.1 Å². The molecule has 0 amide bonds. The van der Waals surface area contributed by atoms with Gasteiger partial charge < -0.3 is 15.1 Å². The Hall–Kier alpha value is -3.17. The van der Waals surface area contributed by atoms with Crippen LogP contribution in [-0.2, 0) is 0 Å². The van der Waals surface area contributed by atoms with Crippen LogP contribution in [0.2, 0.25) is 5.02 Å². The molecular weight excluding hydrogens is 356 g/mol. The first-order valence-corrected chi connectivity index (χ1v) is 9.20. The summed E-state index contributed by atoms with van der Waals surface area (Å²) >= 11 is 6.25. The van der Waals surface area contributed by atoms with Crippen LogP contribution in [0.5, 0.6) is 5.75 Å². The number of fused-ring (bicyclic) bond motifs is 2. The summed E-state index contributed by atoms with van der Waals surface area (Å²) in [6, 6.07) is 22.0. The minimum Gasteiger partial charge on any atom is -0.506 e. The van der Waals surface area contributed by atoms with Crippen molar-refractivity contribution in [1.29, 1.82) is 0 Å². The maximum absolute atomic E-state index is 9.89. The van der Waals surface area contributed by atoms with Gasteiger partial charge in [-0.2, -0.15) is 0 Å². The van der Waals surface area contributed by atoms with Crippen molar-refractivity contribution >= 4 is 33.4 Å². The third kappa shape index (κ3) is 2.59. The number of benzene rings is 3. The fourth-order valence-corrected chi connectivity index (χ4v) is 4.08. The Morgan fingerprint density at radius 3 is 1.85 bits per heavy atom. The fourth-order valence-electron chi connectivity index (χ4n) is 3.89. The summed E-state index contributed by atoms with van der Waals surface area (Å²) in [5, 5.41) is 12.6. The summed E-state index contributed by atoms with van der Waals surface area (Å²) in [6.07, 6.45) is 4.13. The van der Waals surface area contributed by atoms with Gasteiger partial charge >= 0.3 is 0 Å². The molecule has 0 radical (unpaired) electrons. The number of halogens is 1. The first kappa shape index (κ1) is 16.0. The quantitative estimate of drug-likeness (QED) is 0.347. The lowest BCUT2D eigenvalue weighted by Crippen LogP contribution is -2.02. The van der Waals surface area contributed by atoms with Crippen LogP contribution in [-0.4, -0.2) is 15.1 Å². The van der Waals surface area contributed by atoms with E-state index in [4.69, 9.17) is 11.6 Å². The number of aromatic amines is 2. The molecule has 0 saturated heterocycles. The molecule has 5 aromatic rings. The number of hydrogen-bond donors (Lipinski definition) is 3. The SMILES string of the molecule is Oc1ccc(C(c2c[nH]c3ccccc23)c2c[nH]c3ccccc23)cc1Cl. The summed E-state index contributed by atoms with van der Waals surface area (Å²) in [5.74, 6) is 0.0763. The van der Waals surface area contributed by atoms with Gasteiger partial charge in [-0.15, -0.1) is 0 Å². The molecule has 0 spiro atoms. The molecule has 3 N–H and O–H groups in total. The average molecular weight is 373 g/mol. The third-order valence-electron chi connectivity index (χ3n) is 5.17. The minimum atomic E-state index is -0.0181. The second kappa shape index (κ2) is 6.22. The van der Waals surface area contributed by atoms with E-state index in [1.165, 1.54) is 21.9 Å². The molecule has 0 fully saturated rings. The Bertz CT molecular complexity index is 1190. The highest BCUT2D eigenvalue weighted by atomic mass is 35.5. The molecular formula is C23H17ClN2O. The monoisotopic (exact) mass is 372 g/mol. The fraction of sp³-hybridized carbons (Fsp3) is 0.0435. The van der Waals surface area contributed by atoms with E-state index in [-0.39, 0.29) is 11.7 Å². The second-order valence-corrected chi connectivity index (χ2v) is 7.13. The van der Waals surface area contributed by atoms with Crippen LogP contribution in [0.1, 0.15) is 22.6 Å². The molecule has 0 aliphatic rings. The minimum absolute atomic E-state index is 0.0181. The van der Waals surface area contributed by atoms with Crippen molar-refractivity contribution in [3.05, 3.63) is 101 Å². The highest BCUT2D eigenvalue weighted by molar-refractivity contribution is 6.32. The van der Waals surface area contributed by atoms with Gasteiger partial charge in [0, 0.05) is 40.1 Å². The smallest absolute Gasteiger partial charge is 0.134 e. The summed E-state index contributed by atoms with van der Waals surface area (Å²) in [5.41, 5.74) is 5.59. The van der Waals surface area contributed by atoms with E-state index in [0.29, 0.717) is 5.02 Å². The molecule has 0 atom stereocenters. The van der Waals surface area contributed by atoms with Gasteiger partial charge in [0.15, 0.2) is 0 Å². The molecule has 5 rings (SSSR count). The van der Waals surface area contributed by atoms with E-state index < -0.39 is 0 Å². The molecule has 0 unspecified atom stereocenters. The van der Waals surface area contributed by atoms with Crippen molar-refractivity contribution in [3.63, 3.8) is 0 Å². The van der Waals surface area contributed by atoms with Gasteiger partial charge in [0.2, 0.25) is 0 Å². The highest BCUT2D eigenvalue weighted by Crippen LogP contribution is 2.41. The molecule has 132 valence electrons. The Morgan fingerprint density at radius 1 is 0.741 bits per heavy atom. The standard InChI is InChI=1S/C23H17ClN2O/c24-19-11-14(9-10-22(19)27)23(17-12-25-20-7-3-1-5-15(17)20)18-13-26-21-8-4-2-6-16(18)21/h1-13,23,25-27H. The van der Waals surface area contributed by atoms with E-state index in [0.717, 1.165) is 16.6 Å². The molecule has 3 aromatic carbocycles. The number of aromatic hydroxyl groups is 1. The summed E-state index contributed by atoms with van der Waals surface area (Å²) in [7, 11) is 0. The molecule has 27 heavy (non-hydrogen) atoms. The Balaban J connectivity index is 1.81. The lowest BCUT2D eigenvalue weighted by atomic mass is 9.85.